The van der Waals surface area contributed by atoms with Crippen molar-refractivity contribution in [1.29, 1.82) is 0 Å². The molecule has 30 heavy (non-hydrogen) atoms. The first kappa shape index (κ1) is 28.9. The van der Waals surface area contributed by atoms with Gasteiger partial charge in [-0.15, -0.1) is 24.8 Å². The van der Waals surface area contributed by atoms with Crippen LogP contribution in [0.3, 0.4) is 0 Å². The van der Waals surface area contributed by atoms with E-state index in [2.05, 4.69) is 41.8 Å². The van der Waals surface area contributed by atoms with Crippen molar-refractivity contribution in [2.24, 2.45) is 0 Å². The van der Waals surface area contributed by atoms with Crippen LogP contribution in [0, 0.1) is 0 Å². The van der Waals surface area contributed by atoms with Crippen LogP contribution in [0.25, 0.3) is 0 Å². The van der Waals surface area contributed by atoms with Crippen LogP contribution in [0.4, 0.5) is 0 Å². The molecule has 2 atom stereocenters. The minimum atomic E-state index is -0.534. The molecule has 0 fully saturated rings. The fraction of sp³-hybridized carbons (Fsp3) is 0.565. The van der Waals surface area contributed by atoms with E-state index >= 15 is 0 Å². The molecule has 4 N–H and O–H groups in total. The summed E-state index contributed by atoms with van der Waals surface area (Å²) < 4.78 is 5.73. The molecule has 1 aliphatic rings. The number of rotatable bonds is 14. The lowest BCUT2D eigenvalue weighted by Gasteiger charge is -2.35. The number of unbranched alkanes of at least 4 members (excludes halogenated alkanes) is 2. The molecule has 0 amide bonds. The van der Waals surface area contributed by atoms with Gasteiger partial charge in [0.1, 0.15) is 0 Å². The summed E-state index contributed by atoms with van der Waals surface area (Å²) in [5, 5.41) is 25.8. The van der Waals surface area contributed by atoms with Gasteiger partial charge in [-0.3, -0.25) is 0 Å². The third-order valence-electron chi connectivity index (χ3n) is 5.14. The second-order valence-corrected chi connectivity index (χ2v) is 7.63. The van der Waals surface area contributed by atoms with E-state index in [0.717, 1.165) is 51.0 Å². The molecule has 0 bridgehead atoms. The maximum atomic E-state index is 9.78. The lowest BCUT2D eigenvalue weighted by Crippen LogP contribution is -2.56. The third kappa shape index (κ3) is 10.8. The highest BCUT2D eigenvalue weighted by Crippen LogP contribution is 2.14. The topological polar surface area (TPSA) is 73.8 Å². The highest BCUT2D eigenvalue weighted by molar-refractivity contribution is 5.85. The Kier molecular flexibility index (Phi) is 16.0. The number of hydrogen-bond acceptors (Lipinski definition) is 5. The van der Waals surface area contributed by atoms with Crippen LogP contribution < -0.4 is 10.6 Å². The Labute approximate surface area is 193 Å². The lowest BCUT2D eigenvalue weighted by atomic mass is 9.96. The molecule has 1 heterocycles. The molecule has 1 aliphatic heterocycles. The van der Waals surface area contributed by atoms with Crippen molar-refractivity contribution < 1.29 is 14.9 Å². The van der Waals surface area contributed by atoms with Gasteiger partial charge in [0.05, 0.1) is 25.4 Å². The first-order valence-corrected chi connectivity index (χ1v) is 10.4. The quantitative estimate of drug-likeness (QED) is 0.320. The highest BCUT2D eigenvalue weighted by atomic mass is 35.5. The predicted octanol–water partition coefficient (Wildman–Crippen LogP) is 3.39. The van der Waals surface area contributed by atoms with Crippen LogP contribution in [0.5, 0.6) is 0 Å². The smallest absolute Gasteiger partial charge is 0.0914 e. The normalized spacial score (nSPS) is 18.6. The zero-order valence-corrected chi connectivity index (χ0v) is 19.5. The molecule has 2 rings (SSSR count). The van der Waals surface area contributed by atoms with E-state index in [9.17, 15) is 10.2 Å². The van der Waals surface area contributed by atoms with Crippen molar-refractivity contribution in [2.45, 2.75) is 50.6 Å². The van der Waals surface area contributed by atoms with Crippen LogP contribution >= 0.6 is 24.8 Å². The van der Waals surface area contributed by atoms with Gasteiger partial charge in [-0.1, -0.05) is 55.3 Å². The van der Waals surface area contributed by atoms with Gasteiger partial charge in [-0.05, 0) is 37.8 Å². The molecule has 0 saturated heterocycles. The number of hydrogen-bond donors (Lipinski definition) is 4. The van der Waals surface area contributed by atoms with Gasteiger partial charge < -0.3 is 25.6 Å². The Bertz CT molecular complexity index is 614. The van der Waals surface area contributed by atoms with E-state index in [1.807, 2.05) is 24.3 Å². The molecule has 0 saturated carbocycles. The summed E-state index contributed by atoms with van der Waals surface area (Å²) in [7, 11) is 0. The summed E-state index contributed by atoms with van der Waals surface area (Å²) in [6.07, 6.45) is 11.2. The van der Waals surface area contributed by atoms with E-state index in [0.29, 0.717) is 12.6 Å². The Morgan fingerprint density at radius 1 is 1.07 bits per heavy atom. The molecule has 172 valence electrons. The predicted molar refractivity (Wildman–Crippen MR) is 129 cm³/mol. The van der Waals surface area contributed by atoms with Crippen molar-refractivity contribution in [1.82, 2.24) is 10.6 Å². The first-order chi connectivity index (χ1) is 13.7. The van der Waals surface area contributed by atoms with Crippen LogP contribution in [-0.4, -0.2) is 54.8 Å². The van der Waals surface area contributed by atoms with E-state index < -0.39 is 5.54 Å². The Morgan fingerprint density at radius 3 is 2.53 bits per heavy atom. The van der Waals surface area contributed by atoms with Crippen LogP contribution in [-0.2, 0) is 11.2 Å². The summed E-state index contributed by atoms with van der Waals surface area (Å²) in [4.78, 5) is 0. The molecule has 1 aromatic carbocycles. The summed E-state index contributed by atoms with van der Waals surface area (Å²) in [6.45, 7) is 4.36. The number of allylic oxidation sites excluding steroid dienone is 2. The van der Waals surface area contributed by atoms with E-state index in [4.69, 9.17) is 4.74 Å². The molecule has 0 aliphatic carbocycles. The Morgan fingerprint density at radius 2 is 1.83 bits per heavy atom. The highest BCUT2D eigenvalue weighted by Gasteiger charge is 2.28. The molecule has 5 nitrogen and oxygen atoms in total. The number of halogens is 2. The Balaban J connectivity index is 0.00000420. The minimum Gasteiger partial charge on any atom is -0.394 e. The number of ether oxygens (including phenoxy) is 1. The van der Waals surface area contributed by atoms with Crippen molar-refractivity contribution in [3.8, 4) is 0 Å². The second kappa shape index (κ2) is 16.6. The fourth-order valence-electron chi connectivity index (χ4n) is 3.32. The lowest BCUT2D eigenvalue weighted by molar-refractivity contribution is 0.132. The van der Waals surface area contributed by atoms with Crippen molar-refractivity contribution >= 4 is 24.8 Å². The summed E-state index contributed by atoms with van der Waals surface area (Å²) >= 11 is 0. The molecule has 0 radical (unpaired) electrons. The van der Waals surface area contributed by atoms with Crippen LogP contribution in [0.1, 0.15) is 38.2 Å². The van der Waals surface area contributed by atoms with E-state index in [1.54, 1.807) is 0 Å². The number of benzene rings is 1. The summed E-state index contributed by atoms with van der Waals surface area (Å²) in [5.41, 5.74) is 1.53. The molecule has 0 spiro atoms. The monoisotopic (exact) mass is 460 g/mol. The van der Waals surface area contributed by atoms with Gasteiger partial charge in [0, 0.05) is 24.9 Å². The third-order valence-corrected chi connectivity index (χ3v) is 5.14. The average molecular weight is 461 g/mol. The first-order valence-electron chi connectivity index (χ1n) is 10.4. The molecular weight excluding hydrogens is 423 g/mol. The molecular formula is C23H38Cl2N2O3. The van der Waals surface area contributed by atoms with Crippen molar-refractivity contribution in [3.63, 3.8) is 0 Å². The zero-order valence-electron chi connectivity index (χ0n) is 17.9. The summed E-state index contributed by atoms with van der Waals surface area (Å²) in [6, 6.07) is 10.8. The largest absolute Gasteiger partial charge is 0.394 e. The number of aliphatic hydroxyl groups excluding tert-OH is 2. The van der Waals surface area contributed by atoms with E-state index in [-0.39, 0.29) is 38.0 Å². The minimum absolute atomic E-state index is 0. The van der Waals surface area contributed by atoms with E-state index in [1.165, 1.54) is 5.56 Å². The molecule has 2 unspecified atom stereocenters. The van der Waals surface area contributed by atoms with Crippen molar-refractivity contribution in [3.05, 3.63) is 59.8 Å². The van der Waals surface area contributed by atoms with Crippen molar-refractivity contribution in [2.75, 3.05) is 33.0 Å². The number of dihydropyridines is 1. The van der Waals surface area contributed by atoms with Gasteiger partial charge in [-0.2, -0.15) is 0 Å². The van der Waals surface area contributed by atoms with Gasteiger partial charge >= 0.3 is 0 Å². The molecule has 0 aromatic heterocycles. The Hall–Kier alpha value is -1.08. The second-order valence-electron chi connectivity index (χ2n) is 7.63. The van der Waals surface area contributed by atoms with Crippen LogP contribution in [0.15, 0.2) is 54.3 Å². The van der Waals surface area contributed by atoms with Gasteiger partial charge in [0.2, 0.25) is 0 Å². The standard InChI is InChI=1S/C23H36N2O3.2ClH/c1-20(24-18-23(19-27)14-8-12-22(17-26)25-23)9-4-3-7-15-28-16-13-21-10-5-2-6-11-21;;/h2,5-6,8,10-12,14,20,24-27H,3-4,7,9,13,15-19H2,1H3;2*1H. The average Bonchev–Trinajstić information content (AvgIpc) is 2.75. The maximum absolute atomic E-state index is 9.78. The maximum Gasteiger partial charge on any atom is 0.0914 e. The number of nitrogens with one attached hydrogen (secondary N) is 2. The van der Waals surface area contributed by atoms with Gasteiger partial charge in [0.25, 0.3) is 0 Å². The van der Waals surface area contributed by atoms with Gasteiger partial charge in [-0.25, -0.2) is 0 Å². The number of aliphatic hydroxyl groups is 2. The van der Waals surface area contributed by atoms with Gasteiger partial charge in [0.15, 0.2) is 0 Å². The SMILES string of the molecule is CC(CCCCCOCCc1ccccc1)NCC1(CO)C=CC=C(CO)N1.Cl.Cl. The molecule has 7 heteroatoms. The fourth-order valence-corrected chi connectivity index (χ4v) is 3.32. The summed E-state index contributed by atoms with van der Waals surface area (Å²) in [5.74, 6) is 0. The zero-order chi connectivity index (χ0) is 20.1. The molecule has 1 aromatic rings. The van der Waals surface area contributed by atoms with Crippen LogP contribution in [0.2, 0.25) is 0 Å².